The van der Waals surface area contributed by atoms with E-state index in [0.717, 1.165) is 0 Å². The standard InChI is InChI=1S/C9H18N2OS.ClH/c1-9(6-10,7-3-4-7)11-8(12)5-13-2;/h7H,3-6,10H2,1-2H3,(H,11,12);1H. The van der Waals surface area contributed by atoms with Crippen LogP contribution in [0.25, 0.3) is 0 Å². The molecule has 0 radical (unpaired) electrons. The van der Waals surface area contributed by atoms with Gasteiger partial charge in [0.2, 0.25) is 5.91 Å². The van der Waals surface area contributed by atoms with Crippen LogP contribution in [-0.2, 0) is 4.79 Å². The Morgan fingerprint density at radius 1 is 1.64 bits per heavy atom. The smallest absolute Gasteiger partial charge is 0.230 e. The molecule has 1 saturated carbocycles. The summed E-state index contributed by atoms with van der Waals surface area (Å²) >= 11 is 1.54. The van der Waals surface area contributed by atoms with E-state index < -0.39 is 0 Å². The molecule has 1 aliphatic rings. The van der Waals surface area contributed by atoms with Crippen LogP contribution in [0, 0.1) is 5.92 Å². The fraction of sp³-hybridized carbons (Fsp3) is 0.889. The van der Waals surface area contributed by atoms with Crippen LogP contribution in [0.5, 0.6) is 0 Å². The first-order valence-electron chi connectivity index (χ1n) is 4.62. The molecule has 0 aromatic carbocycles. The van der Waals surface area contributed by atoms with Gasteiger partial charge in [0.25, 0.3) is 0 Å². The fourth-order valence-corrected chi connectivity index (χ4v) is 1.86. The minimum Gasteiger partial charge on any atom is -0.349 e. The Balaban J connectivity index is 0.00000169. The van der Waals surface area contributed by atoms with Crippen molar-refractivity contribution in [1.29, 1.82) is 0 Å². The van der Waals surface area contributed by atoms with Gasteiger partial charge < -0.3 is 11.1 Å². The van der Waals surface area contributed by atoms with Crippen molar-refractivity contribution in [2.24, 2.45) is 11.7 Å². The molecule has 1 atom stereocenters. The lowest BCUT2D eigenvalue weighted by Crippen LogP contribution is -2.53. The van der Waals surface area contributed by atoms with Gasteiger partial charge in [-0.3, -0.25) is 4.79 Å². The highest BCUT2D eigenvalue weighted by Gasteiger charge is 2.41. The van der Waals surface area contributed by atoms with Gasteiger partial charge >= 0.3 is 0 Å². The van der Waals surface area contributed by atoms with E-state index in [-0.39, 0.29) is 23.9 Å². The fourth-order valence-electron chi connectivity index (χ4n) is 1.53. The lowest BCUT2D eigenvalue weighted by molar-refractivity contribution is -0.120. The van der Waals surface area contributed by atoms with Gasteiger partial charge in [-0.1, -0.05) is 0 Å². The molecule has 3 N–H and O–H groups in total. The number of carbonyl (C=O) groups excluding carboxylic acids is 1. The number of halogens is 1. The molecule has 0 aromatic rings. The predicted octanol–water partition coefficient (Wildman–Crippen LogP) is 1.01. The predicted molar refractivity (Wildman–Crippen MR) is 64.0 cm³/mol. The van der Waals surface area contributed by atoms with Crippen molar-refractivity contribution in [3.05, 3.63) is 0 Å². The van der Waals surface area contributed by atoms with E-state index in [9.17, 15) is 4.79 Å². The van der Waals surface area contributed by atoms with Crippen LogP contribution in [-0.4, -0.2) is 30.0 Å². The van der Waals surface area contributed by atoms with Crippen molar-refractivity contribution in [2.75, 3.05) is 18.6 Å². The summed E-state index contributed by atoms with van der Waals surface area (Å²) in [6.07, 6.45) is 4.33. The highest BCUT2D eigenvalue weighted by atomic mass is 35.5. The largest absolute Gasteiger partial charge is 0.349 e. The Morgan fingerprint density at radius 2 is 2.21 bits per heavy atom. The molecule has 0 bridgehead atoms. The lowest BCUT2D eigenvalue weighted by Gasteiger charge is -2.29. The number of amides is 1. The van der Waals surface area contributed by atoms with Crippen LogP contribution in [0.3, 0.4) is 0 Å². The van der Waals surface area contributed by atoms with Crippen molar-refractivity contribution in [3.8, 4) is 0 Å². The summed E-state index contributed by atoms with van der Waals surface area (Å²) in [5.41, 5.74) is 5.51. The third-order valence-corrected chi connectivity index (χ3v) is 3.15. The normalized spacial score (nSPS) is 19.4. The van der Waals surface area contributed by atoms with E-state index in [1.54, 1.807) is 11.8 Å². The maximum atomic E-state index is 11.4. The maximum absolute atomic E-state index is 11.4. The second-order valence-corrected chi connectivity index (χ2v) is 4.74. The Bertz CT molecular complexity index is 199. The van der Waals surface area contributed by atoms with E-state index >= 15 is 0 Å². The summed E-state index contributed by atoms with van der Waals surface area (Å²) < 4.78 is 0. The van der Waals surface area contributed by atoms with Gasteiger partial charge in [0.05, 0.1) is 11.3 Å². The average molecular weight is 239 g/mol. The molecule has 84 valence electrons. The number of hydrogen-bond donors (Lipinski definition) is 2. The number of nitrogens with one attached hydrogen (secondary N) is 1. The first-order valence-corrected chi connectivity index (χ1v) is 6.02. The van der Waals surface area contributed by atoms with Crippen LogP contribution in [0.1, 0.15) is 19.8 Å². The zero-order valence-electron chi connectivity index (χ0n) is 8.71. The quantitative estimate of drug-likeness (QED) is 0.752. The van der Waals surface area contributed by atoms with Crippen LogP contribution in [0.4, 0.5) is 0 Å². The molecular formula is C9H19ClN2OS. The molecule has 1 aliphatic carbocycles. The topological polar surface area (TPSA) is 55.1 Å². The molecule has 0 aliphatic heterocycles. The minimum atomic E-state index is -0.160. The van der Waals surface area contributed by atoms with Crippen LogP contribution >= 0.6 is 24.2 Å². The maximum Gasteiger partial charge on any atom is 0.230 e. The van der Waals surface area contributed by atoms with Crippen molar-refractivity contribution < 1.29 is 4.79 Å². The zero-order valence-corrected chi connectivity index (χ0v) is 10.3. The van der Waals surface area contributed by atoms with Crippen molar-refractivity contribution in [2.45, 2.75) is 25.3 Å². The van der Waals surface area contributed by atoms with E-state index in [1.807, 2.05) is 13.2 Å². The monoisotopic (exact) mass is 238 g/mol. The molecule has 14 heavy (non-hydrogen) atoms. The average Bonchev–Trinajstić information content (AvgIpc) is 2.86. The number of nitrogens with two attached hydrogens (primary N) is 1. The summed E-state index contributed by atoms with van der Waals surface area (Å²) in [7, 11) is 0. The summed E-state index contributed by atoms with van der Waals surface area (Å²) in [5.74, 6) is 1.23. The molecule has 5 heteroatoms. The van der Waals surface area contributed by atoms with Gasteiger partial charge in [-0.15, -0.1) is 12.4 Å². The molecule has 0 aromatic heterocycles. The highest BCUT2D eigenvalue weighted by Crippen LogP contribution is 2.38. The van der Waals surface area contributed by atoms with E-state index in [4.69, 9.17) is 5.73 Å². The number of thioether (sulfide) groups is 1. The SMILES string of the molecule is CSCC(=O)NC(C)(CN)C1CC1.Cl. The van der Waals surface area contributed by atoms with E-state index in [2.05, 4.69) is 5.32 Å². The van der Waals surface area contributed by atoms with E-state index in [0.29, 0.717) is 18.2 Å². The third kappa shape index (κ3) is 3.67. The molecule has 0 saturated heterocycles. The van der Waals surface area contributed by atoms with E-state index in [1.165, 1.54) is 12.8 Å². The molecule has 0 heterocycles. The Kier molecular flexibility index (Phi) is 5.86. The summed E-state index contributed by atoms with van der Waals surface area (Å²) in [5, 5.41) is 3.02. The van der Waals surface area contributed by atoms with Gasteiger partial charge in [-0.2, -0.15) is 11.8 Å². The molecule has 1 fully saturated rings. The molecular weight excluding hydrogens is 220 g/mol. The molecule has 0 spiro atoms. The highest BCUT2D eigenvalue weighted by molar-refractivity contribution is 7.99. The molecule has 1 rings (SSSR count). The van der Waals surface area contributed by atoms with Crippen molar-refractivity contribution in [1.82, 2.24) is 5.32 Å². The molecule has 3 nitrogen and oxygen atoms in total. The summed E-state index contributed by atoms with van der Waals surface area (Å²) in [4.78, 5) is 11.4. The minimum absolute atomic E-state index is 0. The zero-order chi connectivity index (χ0) is 9.90. The van der Waals surface area contributed by atoms with Crippen LogP contribution in [0.2, 0.25) is 0 Å². The van der Waals surface area contributed by atoms with Gasteiger partial charge in [-0.25, -0.2) is 0 Å². The summed E-state index contributed by atoms with van der Waals surface area (Å²) in [6, 6.07) is 0. The van der Waals surface area contributed by atoms with Crippen LogP contribution in [0.15, 0.2) is 0 Å². The first-order chi connectivity index (χ1) is 6.12. The first kappa shape index (κ1) is 14.1. The van der Waals surface area contributed by atoms with Gasteiger partial charge in [0.1, 0.15) is 0 Å². The second-order valence-electron chi connectivity index (χ2n) is 3.88. The number of rotatable bonds is 5. The lowest BCUT2D eigenvalue weighted by atomic mass is 9.96. The van der Waals surface area contributed by atoms with Crippen molar-refractivity contribution >= 4 is 30.1 Å². The van der Waals surface area contributed by atoms with Crippen LogP contribution < -0.4 is 11.1 Å². The third-order valence-electron chi connectivity index (χ3n) is 2.60. The Labute approximate surface area is 96.0 Å². The van der Waals surface area contributed by atoms with Gasteiger partial charge in [0, 0.05) is 6.54 Å². The second kappa shape index (κ2) is 5.83. The number of carbonyl (C=O) groups is 1. The Morgan fingerprint density at radius 3 is 2.57 bits per heavy atom. The molecule has 1 unspecified atom stereocenters. The molecule has 1 amide bonds. The van der Waals surface area contributed by atoms with Gasteiger partial charge in [-0.05, 0) is 31.9 Å². The van der Waals surface area contributed by atoms with Crippen molar-refractivity contribution in [3.63, 3.8) is 0 Å². The summed E-state index contributed by atoms with van der Waals surface area (Å²) in [6.45, 7) is 2.58. The van der Waals surface area contributed by atoms with Gasteiger partial charge in [0.15, 0.2) is 0 Å². The Hall–Kier alpha value is 0.0700. The number of hydrogen-bond acceptors (Lipinski definition) is 3.